The molecule has 0 aliphatic heterocycles. The van der Waals surface area contributed by atoms with Gasteiger partial charge in [-0.05, 0) is 23.6 Å². The molecule has 0 bridgehead atoms. The van der Waals surface area contributed by atoms with Gasteiger partial charge in [-0.15, -0.1) is 0 Å². The minimum atomic E-state index is -0.686. The van der Waals surface area contributed by atoms with Crippen molar-refractivity contribution in [2.24, 2.45) is 0 Å². The maximum atomic E-state index is 10.6. The fourth-order valence-electron chi connectivity index (χ4n) is 1.56. The molecule has 3 aromatic heterocycles. The lowest BCUT2D eigenvalue weighted by Gasteiger charge is -1.94. The van der Waals surface area contributed by atoms with Crippen LogP contribution in [0.5, 0.6) is 0 Å². The van der Waals surface area contributed by atoms with E-state index in [1.807, 2.05) is 0 Å². The van der Waals surface area contributed by atoms with E-state index in [2.05, 4.69) is 15.1 Å². The van der Waals surface area contributed by atoms with E-state index in [1.54, 1.807) is 0 Å². The molecule has 0 saturated carbocycles. The first-order valence-corrected chi connectivity index (χ1v) is 6.72. The second kappa shape index (κ2) is 5.12. The van der Waals surface area contributed by atoms with Gasteiger partial charge < -0.3 is 4.42 Å². The first-order chi connectivity index (χ1) is 10.5. The van der Waals surface area contributed by atoms with Crippen LogP contribution in [-0.2, 0) is 0 Å². The number of nitrogens with one attached hydrogen (secondary N) is 1. The van der Waals surface area contributed by atoms with Crippen molar-refractivity contribution in [3.63, 3.8) is 0 Å². The highest BCUT2D eigenvalue weighted by atomic mass is 32.1. The Balaban J connectivity index is 2.01. The number of aromatic nitrogens is 4. The third-order valence-corrected chi connectivity index (χ3v) is 3.70. The minimum Gasteiger partial charge on any atom is -0.382 e. The van der Waals surface area contributed by atoms with Crippen molar-refractivity contribution in [2.75, 3.05) is 0 Å². The monoisotopic (exact) mass is 340 g/mol. The number of H-pyrrole nitrogens is 1. The molecule has 0 radical (unpaired) electrons. The summed E-state index contributed by atoms with van der Waals surface area (Å²) >= 11 is 5.84. The summed E-state index contributed by atoms with van der Waals surface area (Å²) in [6, 6.07) is 2.52. The summed E-state index contributed by atoms with van der Waals surface area (Å²) in [6.45, 7) is 0. The van der Waals surface area contributed by atoms with Crippen molar-refractivity contribution in [2.45, 2.75) is 0 Å². The van der Waals surface area contributed by atoms with Crippen LogP contribution in [0.2, 0.25) is 0 Å². The zero-order valence-corrected chi connectivity index (χ0v) is 12.0. The third-order valence-electron chi connectivity index (χ3n) is 2.47. The minimum absolute atomic E-state index is 0.0390. The number of hydrogen-bond acceptors (Lipinski definition) is 9. The predicted octanol–water partition coefficient (Wildman–Crippen LogP) is 2.46. The molecule has 3 rings (SSSR count). The fourth-order valence-corrected chi connectivity index (χ4v) is 2.46. The maximum Gasteiger partial charge on any atom is 0.434 e. The molecule has 13 heteroatoms. The summed E-state index contributed by atoms with van der Waals surface area (Å²) in [6.07, 6.45) is 1.10. The van der Waals surface area contributed by atoms with Gasteiger partial charge in [0.05, 0.1) is 11.0 Å². The number of thiazole rings is 1. The first kappa shape index (κ1) is 14.0. The largest absolute Gasteiger partial charge is 0.434 e. The number of furan rings is 1. The molecule has 3 aromatic rings. The Morgan fingerprint density at radius 3 is 2.68 bits per heavy atom. The van der Waals surface area contributed by atoms with Crippen LogP contribution in [0.15, 0.2) is 22.7 Å². The Morgan fingerprint density at radius 1 is 1.32 bits per heavy atom. The second-order valence-electron chi connectivity index (χ2n) is 3.82. The van der Waals surface area contributed by atoms with Gasteiger partial charge in [0.25, 0.3) is 0 Å². The molecule has 1 N–H and O–H groups in total. The molecule has 0 aliphatic rings. The zero-order chi connectivity index (χ0) is 15.9. The van der Waals surface area contributed by atoms with Crippen molar-refractivity contribution in [1.82, 2.24) is 19.7 Å². The van der Waals surface area contributed by atoms with Crippen LogP contribution in [0.25, 0.3) is 16.7 Å². The average Bonchev–Trinajstić information content (AvgIpc) is 3.16. The molecule has 0 unspecified atom stereocenters. The average molecular weight is 340 g/mol. The van der Waals surface area contributed by atoms with Crippen molar-refractivity contribution in [1.29, 1.82) is 0 Å². The Labute approximate surface area is 129 Å². The zero-order valence-electron chi connectivity index (χ0n) is 10.3. The molecule has 3 heterocycles. The number of nitrogens with zero attached hydrogens (tertiary/aromatic N) is 5. The van der Waals surface area contributed by atoms with Gasteiger partial charge in [-0.3, -0.25) is 25.3 Å². The summed E-state index contributed by atoms with van der Waals surface area (Å²) in [5, 5.41) is 24.1. The molecule has 11 nitrogen and oxygen atoms in total. The van der Waals surface area contributed by atoms with Crippen LogP contribution in [0.3, 0.4) is 0 Å². The molecule has 0 amide bonds. The summed E-state index contributed by atoms with van der Waals surface area (Å²) in [5.74, 6) is -0.179. The van der Waals surface area contributed by atoms with E-state index in [-0.39, 0.29) is 26.5 Å². The van der Waals surface area contributed by atoms with Crippen LogP contribution in [0.1, 0.15) is 0 Å². The van der Waals surface area contributed by atoms with E-state index >= 15 is 0 Å². The lowest BCUT2D eigenvalue weighted by molar-refractivity contribution is -0.402. The highest BCUT2D eigenvalue weighted by molar-refractivity contribution is 7.71. The summed E-state index contributed by atoms with van der Waals surface area (Å²) in [7, 11) is 0. The highest BCUT2D eigenvalue weighted by Crippen LogP contribution is 2.28. The van der Waals surface area contributed by atoms with E-state index in [0.717, 1.165) is 17.5 Å². The van der Waals surface area contributed by atoms with Crippen molar-refractivity contribution in [3.8, 4) is 16.7 Å². The van der Waals surface area contributed by atoms with E-state index in [9.17, 15) is 20.2 Å². The van der Waals surface area contributed by atoms with Gasteiger partial charge in [0.1, 0.15) is 11.1 Å². The second-order valence-corrected chi connectivity index (χ2v) is 5.19. The van der Waals surface area contributed by atoms with Gasteiger partial charge in [-0.25, -0.2) is 4.98 Å². The van der Waals surface area contributed by atoms with Gasteiger partial charge in [0.2, 0.25) is 10.7 Å². The lowest BCUT2D eigenvalue weighted by Crippen LogP contribution is -1.94. The van der Waals surface area contributed by atoms with Crippen LogP contribution < -0.4 is 0 Å². The number of rotatable bonds is 4. The molecule has 0 atom stereocenters. The molecule has 0 aromatic carbocycles. The van der Waals surface area contributed by atoms with Crippen LogP contribution in [-0.4, -0.2) is 29.6 Å². The number of nitro groups is 2. The molecular formula is C9H4N6O5S2. The van der Waals surface area contributed by atoms with Crippen molar-refractivity contribution < 1.29 is 14.3 Å². The SMILES string of the molecule is O=[N+]([O-])c1ccc(-n2[nH]c(-c3ncc([N+](=O)[O-])s3)nc2=S)o1. The van der Waals surface area contributed by atoms with Crippen LogP contribution in [0.4, 0.5) is 10.9 Å². The molecule has 0 aliphatic carbocycles. The van der Waals surface area contributed by atoms with Gasteiger partial charge in [-0.1, -0.05) is 0 Å². The van der Waals surface area contributed by atoms with Gasteiger partial charge in [-0.2, -0.15) is 9.67 Å². The third kappa shape index (κ3) is 2.38. The first-order valence-electron chi connectivity index (χ1n) is 5.50. The quantitative estimate of drug-likeness (QED) is 0.433. The topological polar surface area (TPSA) is 146 Å². The Morgan fingerprint density at radius 2 is 2.09 bits per heavy atom. The summed E-state index contributed by atoms with van der Waals surface area (Å²) < 4.78 is 6.24. The molecule has 112 valence electrons. The van der Waals surface area contributed by atoms with Crippen molar-refractivity contribution >= 4 is 34.4 Å². The summed E-state index contributed by atoms with van der Waals surface area (Å²) in [4.78, 5) is 27.9. The lowest BCUT2D eigenvalue weighted by atomic mass is 10.6. The Kier molecular flexibility index (Phi) is 3.26. The van der Waals surface area contributed by atoms with E-state index in [0.29, 0.717) is 0 Å². The molecule has 0 fully saturated rings. The maximum absolute atomic E-state index is 10.6. The fraction of sp³-hybridized carbons (Fsp3) is 0. The van der Waals surface area contributed by atoms with Gasteiger partial charge in [0.15, 0.2) is 10.8 Å². The van der Waals surface area contributed by atoms with Gasteiger partial charge in [0, 0.05) is 6.07 Å². The predicted molar refractivity (Wildman–Crippen MR) is 75.4 cm³/mol. The molecule has 0 saturated heterocycles. The summed E-state index contributed by atoms with van der Waals surface area (Å²) in [5.41, 5.74) is 0. The molecular weight excluding hydrogens is 336 g/mol. The smallest absolute Gasteiger partial charge is 0.382 e. The van der Waals surface area contributed by atoms with E-state index in [1.165, 1.54) is 16.8 Å². The Hall–Kier alpha value is -2.93. The molecule has 22 heavy (non-hydrogen) atoms. The molecule has 0 spiro atoms. The Bertz CT molecular complexity index is 936. The van der Waals surface area contributed by atoms with E-state index < -0.39 is 15.7 Å². The normalized spacial score (nSPS) is 10.7. The highest BCUT2D eigenvalue weighted by Gasteiger charge is 2.18. The van der Waals surface area contributed by atoms with E-state index in [4.69, 9.17) is 16.6 Å². The van der Waals surface area contributed by atoms with Crippen molar-refractivity contribution in [3.05, 3.63) is 43.3 Å². The van der Waals surface area contributed by atoms with Crippen LogP contribution in [0, 0.1) is 25.0 Å². The van der Waals surface area contributed by atoms with Crippen LogP contribution >= 0.6 is 23.6 Å². The van der Waals surface area contributed by atoms with Gasteiger partial charge >= 0.3 is 10.9 Å². The standard InChI is InChI=1S/C9H4N6O5S2/c16-14(17)5-2-1-4(20-5)13-9(21)11-7(12-13)8-10-3-6(22-8)15(18)19/h1-3H,(H,11,12,21). The number of hydrogen-bond donors (Lipinski definition) is 1. The number of aromatic amines is 1.